The van der Waals surface area contributed by atoms with Gasteiger partial charge in [-0.05, 0) is 45.7 Å². The van der Waals surface area contributed by atoms with Crippen LogP contribution in [0.1, 0.15) is 39.2 Å². The van der Waals surface area contributed by atoms with Gasteiger partial charge in [-0.25, -0.2) is 19.7 Å². The fraction of sp³-hybridized carbons (Fsp3) is 0.538. The molecule has 39 heavy (non-hydrogen) atoms. The predicted molar refractivity (Wildman–Crippen MR) is 140 cm³/mol. The Morgan fingerprint density at radius 3 is 2.64 bits per heavy atom. The number of hydrogen-bond acceptors (Lipinski definition) is 8. The highest BCUT2D eigenvalue weighted by molar-refractivity contribution is 5.94. The standard InChI is InChI=1S/C26H32F3N7O3/c1-25(2,3)39-24(37)36-8-4-5-16(15-36)32-23-31-14-19(26(27,28)29)21(34-23)18-13-30-22-17(18)6-7-20(33-22)35-9-11-38-12-10-35/h6-7,13-14,16H,4-5,8-12,15H2,1-3H3,(H,30,33)(H,31,32,34)/t16-/m0/s1. The van der Waals surface area contributed by atoms with E-state index < -0.39 is 23.4 Å². The molecule has 2 saturated heterocycles. The lowest BCUT2D eigenvalue weighted by molar-refractivity contribution is -0.137. The average Bonchev–Trinajstić information content (AvgIpc) is 3.31. The number of amides is 1. The number of likely N-dealkylation sites (tertiary alicyclic amines) is 1. The van der Waals surface area contributed by atoms with Gasteiger partial charge in [0, 0.05) is 55.6 Å². The molecule has 0 radical (unpaired) electrons. The number of H-pyrrole nitrogens is 1. The number of morpholine rings is 1. The van der Waals surface area contributed by atoms with Gasteiger partial charge in [0.25, 0.3) is 0 Å². The zero-order valence-corrected chi connectivity index (χ0v) is 22.1. The first-order chi connectivity index (χ1) is 18.5. The Morgan fingerprint density at radius 1 is 1.15 bits per heavy atom. The quantitative estimate of drug-likeness (QED) is 0.485. The Labute approximate surface area is 223 Å². The van der Waals surface area contributed by atoms with Gasteiger partial charge >= 0.3 is 12.3 Å². The number of piperidine rings is 1. The molecule has 10 nitrogen and oxygen atoms in total. The lowest BCUT2D eigenvalue weighted by Crippen LogP contribution is -2.47. The van der Waals surface area contributed by atoms with E-state index in [1.807, 2.05) is 0 Å². The van der Waals surface area contributed by atoms with Crippen molar-refractivity contribution >= 4 is 28.9 Å². The molecule has 0 aliphatic carbocycles. The molecule has 2 fully saturated rings. The summed E-state index contributed by atoms with van der Waals surface area (Å²) in [4.78, 5) is 32.1. The van der Waals surface area contributed by atoms with Crippen LogP contribution in [0.4, 0.5) is 29.7 Å². The average molecular weight is 548 g/mol. The van der Waals surface area contributed by atoms with Crippen molar-refractivity contribution in [3.63, 3.8) is 0 Å². The molecule has 0 bridgehead atoms. The number of carbonyl (C=O) groups is 1. The van der Waals surface area contributed by atoms with E-state index in [1.54, 1.807) is 37.8 Å². The number of rotatable bonds is 4. The SMILES string of the molecule is CC(C)(C)OC(=O)N1CCC[C@H](Nc2ncc(C(F)(F)F)c(-c3c[nH]c4nc(N5CCOCC5)ccc34)n2)C1. The number of alkyl halides is 3. The third kappa shape index (κ3) is 6.18. The van der Waals surface area contributed by atoms with Gasteiger partial charge in [-0.1, -0.05) is 0 Å². The molecule has 0 aromatic carbocycles. The molecular weight excluding hydrogens is 515 g/mol. The van der Waals surface area contributed by atoms with Crippen molar-refractivity contribution in [1.82, 2.24) is 24.8 Å². The maximum absolute atomic E-state index is 14.0. The summed E-state index contributed by atoms with van der Waals surface area (Å²) in [5.41, 5.74) is -1.06. The highest BCUT2D eigenvalue weighted by Gasteiger charge is 2.36. The van der Waals surface area contributed by atoms with E-state index in [2.05, 4.69) is 30.2 Å². The molecule has 2 aliphatic rings. The van der Waals surface area contributed by atoms with E-state index >= 15 is 0 Å². The summed E-state index contributed by atoms with van der Waals surface area (Å²) in [5.74, 6) is 0.786. The van der Waals surface area contributed by atoms with E-state index in [4.69, 9.17) is 9.47 Å². The third-order valence-corrected chi connectivity index (χ3v) is 6.61. The molecule has 1 atom stereocenters. The first-order valence-corrected chi connectivity index (χ1v) is 13.0. The molecule has 3 aromatic heterocycles. The zero-order chi connectivity index (χ0) is 27.8. The Bertz CT molecular complexity index is 1330. The molecule has 3 aromatic rings. The molecule has 0 spiro atoms. The number of hydrogen-bond donors (Lipinski definition) is 2. The maximum Gasteiger partial charge on any atom is 0.419 e. The summed E-state index contributed by atoms with van der Waals surface area (Å²) in [6.45, 7) is 8.84. The van der Waals surface area contributed by atoms with Gasteiger partial charge in [0.15, 0.2) is 0 Å². The fourth-order valence-corrected chi connectivity index (χ4v) is 4.79. The van der Waals surface area contributed by atoms with Gasteiger partial charge in [-0.2, -0.15) is 13.2 Å². The van der Waals surface area contributed by atoms with Crippen molar-refractivity contribution in [2.24, 2.45) is 0 Å². The maximum atomic E-state index is 14.0. The number of halogens is 3. The monoisotopic (exact) mass is 547 g/mol. The highest BCUT2D eigenvalue weighted by atomic mass is 19.4. The van der Waals surface area contributed by atoms with Crippen LogP contribution in [0.15, 0.2) is 24.5 Å². The second-order valence-corrected chi connectivity index (χ2v) is 10.7. The summed E-state index contributed by atoms with van der Waals surface area (Å²) < 4.78 is 52.9. The van der Waals surface area contributed by atoms with Crippen LogP contribution in [0.3, 0.4) is 0 Å². The van der Waals surface area contributed by atoms with Crippen molar-refractivity contribution in [3.8, 4) is 11.3 Å². The zero-order valence-electron chi connectivity index (χ0n) is 22.1. The van der Waals surface area contributed by atoms with E-state index in [0.717, 1.165) is 12.0 Å². The number of anilines is 2. The Kier molecular flexibility index (Phi) is 7.27. The summed E-state index contributed by atoms with van der Waals surface area (Å²) in [5, 5.41) is 3.65. The van der Waals surface area contributed by atoms with Crippen LogP contribution in [0.5, 0.6) is 0 Å². The highest BCUT2D eigenvalue weighted by Crippen LogP contribution is 2.39. The number of fused-ring (bicyclic) bond motifs is 1. The minimum atomic E-state index is -4.66. The minimum absolute atomic E-state index is 0.0567. The van der Waals surface area contributed by atoms with Crippen molar-refractivity contribution in [2.75, 3.05) is 49.6 Å². The number of aromatic nitrogens is 4. The minimum Gasteiger partial charge on any atom is -0.444 e. The molecule has 1 amide bonds. The van der Waals surface area contributed by atoms with Gasteiger partial charge in [0.1, 0.15) is 22.6 Å². The van der Waals surface area contributed by atoms with E-state index in [0.29, 0.717) is 63.3 Å². The van der Waals surface area contributed by atoms with Crippen LogP contribution in [0.2, 0.25) is 0 Å². The van der Waals surface area contributed by atoms with Crippen molar-refractivity contribution in [2.45, 2.75) is 51.4 Å². The molecule has 5 heterocycles. The summed E-state index contributed by atoms with van der Waals surface area (Å²) in [6.07, 6.45) is -1.37. The molecule has 2 N–H and O–H groups in total. The second kappa shape index (κ2) is 10.5. The number of aromatic amines is 1. The Balaban J connectivity index is 1.41. The van der Waals surface area contributed by atoms with E-state index in [9.17, 15) is 18.0 Å². The molecule has 5 rings (SSSR count). The van der Waals surface area contributed by atoms with Crippen LogP contribution in [-0.2, 0) is 15.7 Å². The van der Waals surface area contributed by atoms with Gasteiger partial charge < -0.3 is 29.6 Å². The number of ether oxygens (including phenoxy) is 2. The summed E-state index contributed by atoms with van der Waals surface area (Å²) in [6, 6.07) is 3.32. The van der Waals surface area contributed by atoms with Gasteiger partial charge in [0.05, 0.1) is 18.9 Å². The van der Waals surface area contributed by atoms with Crippen LogP contribution in [0, 0.1) is 0 Å². The lowest BCUT2D eigenvalue weighted by Gasteiger charge is -2.34. The van der Waals surface area contributed by atoms with Crippen LogP contribution < -0.4 is 10.2 Å². The normalized spacial score (nSPS) is 18.9. The molecular formula is C26H32F3N7O3. The van der Waals surface area contributed by atoms with Crippen molar-refractivity contribution < 1.29 is 27.4 Å². The molecule has 2 aliphatic heterocycles. The van der Waals surface area contributed by atoms with Crippen LogP contribution in [0.25, 0.3) is 22.3 Å². The smallest absolute Gasteiger partial charge is 0.419 e. The van der Waals surface area contributed by atoms with Gasteiger partial charge in [-0.3, -0.25) is 0 Å². The Hall–Kier alpha value is -3.61. The lowest BCUT2D eigenvalue weighted by atomic mass is 10.1. The topological polar surface area (TPSA) is 108 Å². The number of nitrogens with zero attached hydrogens (tertiary/aromatic N) is 5. The molecule has 0 unspecified atom stereocenters. The van der Waals surface area contributed by atoms with E-state index in [-0.39, 0.29) is 23.2 Å². The van der Waals surface area contributed by atoms with Crippen molar-refractivity contribution in [3.05, 3.63) is 30.1 Å². The van der Waals surface area contributed by atoms with Gasteiger partial charge in [-0.15, -0.1) is 0 Å². The molecule has 13 heteroatoms. The predicted octanol–water partition coefficient (Wildman–Crippen LogP) is 4.69. The first-order valence-electron chi connectivity index (χ1n) is 13.0. The summed E-state index contributed by atoms with van der Waals surface area (Å²) in [7, 11) is 0. The number of nitrogens with one attached hydrogen (secondary N) is 2. The largest absolute Gasteiger partial charge is 0.444 e. The Morgan fingerprint density at radius 2 is 1.92 bits per heavy atom. The molecule has 0 saturated carbocycles. The van der Waals surface area contributed by atoms with Gasteiger partial charge in [0.2, 0.25) is 5.95 Å². The fourth-order valence-electron chi connectivity index (χ4n) is 4.79. The summed E-state index contributed by atoms with van der Waals surface area (Å²) >= 11 is 0. The van der Waals surface area contributed by atoms with Crippen LogP contribution in [-0.4, -0.2) is 82.0 Å². The number of carbonyl (C=O) groups excluding carboxylic acids is 1. The number of pyridine rings is 1. The molecule has 210 valence electrons. The third-order valence-electron chi connectivity index (χ3n) is 6.61. The van der Waals surface area contributed by atoms with Crippen LogP contribution >= 0.6 is 0 Å². The second-order valence-electron chi connectivity index (χ2n) is 10.7. The van der Waals surface area contributed by atoms with E-state index in [1.165, 1.54) is 6.20 Å². The van der Waals surface area contributed by atoms with Crippen molar-refractivity contribution in [1.29, 1.82) is 0 Å². The first kappa shape index (κ1) is 27.0.